The van der Waals surface area contributed by atoms with E-state index in [1.54, 1.807) is 28.6 Å². The fraction of sp³-hybridized carbons (Fsp3) is 0.400. The van der Waals surface area contributed by atoms with Crippen LogP contribution in [0.5, 0.6) is 0 Å². The summed E-state index contributed by atoms with van der Waals surface area (Å²) in [5, 5.41) is 1.76. The number of aromatic amines is 1. The van der Waals surface area contributed by atoms with Gasteiger partial charge in [-0.2, -0.15) is 4.31 Å². The fourth-order valence-corrected chi connectivity index (χ4v) is 5.29. The summed E-state index contributed by atoms with van der Waals surface area (Å²) < 4.78 is 27.0. The van der Waals surface area contributed by atoms with Gasteiger partial charge >= 0.3 is 0 Å². The Morgan fingerprint density at radius 2 is 2.04 bits per heavy atom. The number of hydrogen-bond donors (Lipinski definition) is 1. The summed E-state index contributed by atoms with van der Waals surface area (Å²) in [5.74, 6) is 0.0304. The topological polar surface area (TPSA) is 73.5 Å². The molecule has 0 atom stereocenters. The minimum Gasteiger partial charge on any atom is -0.365 e. The van der Waals surface area contributed by atoms with Crippen LogP contribution in [0.3, 0.4) is 0 Å². The van der Waals surface area contributed by atoms with Crippen LogP contribution < -0.4 is 0 Å². The van der Waals surface area contributed by atoms with Crippen LogP contribution in [-0.2, 0) is 21.2 Å². The predicted octanol–water partition coefficient (Wildman–Crippen LogP) is 1.54. The third-order valence-corrected chi connectivity index (χ3v) is 7.17. The van der Waals surface area contributed by atoms with Gasteiger partial charge in [-0.15, -0.1) is 11.3 Å². The maximum absolute atomic E-state index is 12.6. The van der Waals surface area contributed by atoms with Crippen molar-refractivity contribution in [1.29, 1.82) is 0 Å². The van der Waals surface area contributed by atoms with Crippen molar-refractivity contribution in [2.24, 2.45) is 0 Å². The molecular weight excluding hydrogens is 334 g/mol. The number of hydrogen-bond acceptors (Lipinski definition) is 4. The number of sulfonamides is 1. The summed E-state index contributed by atoms with van der Waals surface area (Å²) in [6, 6.07) is 7.10. The lowest BCUT2D eigenvalue weighted by molar-refractivity contribution is -0.130. The minimum atomic E-state index is -3.43. The molecule has 2 aromatic heterocycles. The highest BCUT2D eigenvalue weighted by molar-refractivity contribution is 7.91. The van der Waals surface area contributed by atoms with Gasteiger partial charge in [-0.1, -0.05) is 6.07 Å². The number of amides is 1. The summed E-state index contributed by atoms with van der Waals surface area (Å²) >= 11 is 1.23. The average molecular weight is 353 g/mol. The smallest absolute Gasteiger partial charge is 0.252 e. The van der Waals surface area contributed by atoms with Gasteiger partial charge < -0.3 is 9.88 Å². The first-order valence-corrected chi connectivity index (χ1v) is 9.83. The molecular formula is C15H19N3O3S2. The number of carbonyl (C=O) groups is 1. The van der Waals surface area contributed by atoms with Crippen molar-refractivity contribution in [3.63, 3.8) is 0 Å². The van der Waals surface area contributed by atoms with Gasteiger partial charge in [0, 0.05) is 38.1 Å². The molecule has 0 saturated carbocycles. The SMILES string of the molecule is O=C(Cc1ccc[nH]1)N1CCCN(S(=O)(=O)c2cccs2)CC1. The number of rotatable bonds is 4. The molecule has 0 bridgehead atoms. The largest absolute Gasteiger partial charge is 0.365 e. The summed E-state index contributed by atoms with van der Waals surface area (Å²) in [4.78, 5) is 17.1. The minimum absolute atomic E-state index is 0.0304. The lowest BCUT2D eigenvalue weighted by Crippen LogP contribution is -2.37. The zero-order chi connectivity index (χ0) is 16.3. The highest BCUT2D eigenvalue weighted by atomic mass is 32.2. The molecule has 8 heteroatoms. The number of carbonyl (C=O) groups excluding carboxylic acids is 1. The molecule has 2 aromatic rings. The molecule has 0 spiro atoms. The van der Waals surface area contributed by atoms with Crippen LogP contribution in [0, 0.1) is 0 Å². The predicted molar refractivity (Wildman–Crippen MR) is 88.8 cm³/mol. The van der Waals surface area contributed by atoms with Crippen molar-refractivity contribution >= 4 is 27.3 Å². The molecule has 0 unspecified atom stereocenters. The Hall–Kier alpha value is -1.64. The normalized spacial score (nSPS) is 17.1. The number of nitrogens with one attached hydrogen (secondary N) is 1. The van der Waals surface area contributed by atoms with Gasteiger partial charge in [0.1, 0.15) is 4.21 Å². The molecule has 0 radical (unpaired) electrons. The monoisotopic (exact) mass is 353 g/mol. The molecule has 1 N–H and O–H groups in total. The Balaban J connectivity index is 1.64. The number of nitrogens with zero attached hydrogens (tertiary/aromatic N) is 2. The fourth-order valence-electron chi connectivity index (χ4n) is 2.67. The van der Waals surface area contributed by atoms with Crippen molar-refractivity contribution in [2.45, 2.75) is 17.1 Å². The molecule has 124 valence electrons. The third kappa shape index (κ3) is 3.65. The van der Waals surface area contributed by atoms with Gasteiger partial charge in [0.05, 0.1) is 6.42 Å². The van der Waals surface area contributed by atoms with Crippen molar-refractivity contribution in [2.75, 3.05) is 26.2 Å². The first kappa shape index (κ1) is 16.2. The number of aromatic nitrogens is 1. The van der Waals surface area contributed by atoms with E-state index in [2.05, 4.69) is 4.98 Å². The molecule has 6 nitrogen and oxygen atoms in total. The standard InChI is InChI=1S/C15H19N3O3S2/c19-14(12-13-4-1-6-16-13)17-7-3-8-18(10-9-17)23(20,21)15-5-2-11-22-15/h1-2,4-6,11,16H,3,7-10,12H2. The van der Waals surface area contributed by atoms with E-state index >= 15 is 0 Å². The summed E-state index contributed by atoms with van der Waals surface area (Å²) in [7, 11) is -3.43. The zero-order valence-electron chi connectivity index (χ0n) is 12.6. The Kier molecular flexibility index (Phi) is 4.84. The molecule has 3 heterocycles. The number of H-pyrrole nitrogens is 1. The van der Waals surface area contributed by atoms with Crippen LogP contribution in [0.2, 0.25) is 0 Å². The third-order valence-electron chi connectivity index (χ3n) is 3.90. The van der Waals surface area contributed by atoms with Gasteiger partial charge in [-0.3, -0.25) is 4.79 Å². The van der Waals surface area contributed by atoms with E-state index in [4.69, 9.17) is 0 Å². The first-order valence-electron chi connectivity index (χ1n) is 7.51. The summed E-state index contributed by atoms with van der Waals surface area (Å²) in [6.45, 7) is 1.82. The van der Waals surface area contributed by atoms with Crippen LogP contribution in [-0.4, -0.2) is 54.7 Å². The maximum atomic E-state index is 12.6. The van der Waals surface area contributed by atoms with E-state index in [1.165, 1.54) is 15.6 Å². The van der Waals surface area contributed by atoms with Crippen LogP contribution in [0.25, 0.3) is 0 Å². The Morgan fingerprint density at radius 3 is 2.74 bits per heavy atom. The van der Waals surface area contributed by atoms with Gasteiger partial charge in [-0.05, 0) is 30.0 Å². The van der Waals surface area contributed by atoms with Crippen molar-refractivity contribution < 1.29 is 13.2 Å². The van der Waals surface area contributed by atoms with E-state index in [-0.39, 0.29) is 5.91 Å². The number of thiophene rings is 1. The van der Waals surface area contributed by atoms with Gasteiger partial charge in [0.25, 0.3) is 10.0 Å². The van der Waals surface area contributed by atoms with E-state index in [0.29, 0.717) is 43.2 Å². The Morgan fingerprint density at radius 1 is 1.17 bits per heavy atom. The van der Waals surface area contributed by atoms with Gasteiger partial charge in [0.15, 0.2) is 0 Å². The molecule has 3 rings (SSSR count). The molecule has 1 fully saturated rings. The second-order valence-electron chi connectivity index (χ2n) is 5.44. The van der Waals surface area contributed by atoms with Gasteiger partial charge in [-0.25, -0.2) is 8.42 Å². The molecule has 1 amide bonds. The first-order chi connectivity index (χ1) is 11.1. The Labute approximate surface area is 139 Å². The Bertz CT molecular complexity index is 739. The van der Waals surface area contributed by atoms with Crippen molar-refractivity contribution in [3.8, 4) is 0 Å². The molecule has 1 aliphatic heterocycles. The summed E-state index contributed by atoms with van der Waals surface area (Å²) in [5.41, 5.74) is 0.877. The van der Waals surface area contributed by atoms with Crippen molar-refractivity contribution in [3.05, 3.63) is 41.5 Å². The average Bonchev–Trinajstić information content (AvgIpc) is 3.17. The highest BCUT2D eigenvalue weighted by Gasteiger charge is 2.28. The van der Waals surface area contributed by atoms with Crippen LogP contribution >= 0.6 is 11.3 Å². The van der Waals surface area contributed by atoms with E-state index < -0.39 is 10.0 Å². The van der Waals surface area contributed by atoms with Crippen LogP contribution in [0.1, 0.15) is 12.1 Å². The van der Waals surface area contributed by atoms with E-state index in [0.717, 1.165) is 5.69 Å². The van der Waals surface area contributed by atoms with Crippen LogP contribution in [0.15, 0.2) is 40.1 Å². The lowest BCUT2D eigenvalue weighted by Gasteiger charge is -2.21. The molecule has 1 aliphatic rings. The molecule has 0 aliphatic carbocycles. The van der Waals surface area contributed by atoms with Gasteiger partial charge in [0.2, 0.25) is 5.91 Å². The molecule has 1 saturated heterocycles. The molecule has 23 heavy (non-hydrogen) atoms. The summed E-state index contributed by atoms with van der Waals surface area (Å²) in [6.07, 6.45) is 2.77. The quantitative estimate of drug-likeness (QED) is 0.906. The van der Waals surface area contributed by atoms with E-state index in [9.17, 15) is 13.2 Å². The highest BCUT2D eigenvalue weighted by Crippen LogP contribution is 2.22. The van der Waals surface area contributed by atoms with Crippen molar-refractivity contribution in [1.82, 2.24) is 14.2 Å². The second-order valence-corrected chi connectivity index (χ2v) is 8.56. The lowest BCUT2D eigenvalue weighted by atomic mass is 10.2. The maximum Gasteiger partial charge on any atom is 0.252 e. The zero-order valence-corrected chi connectivity index (χ0v) is 14.3. The van der Waals surface area contributed by atoms with Crippen LogP contribution in [0.4, 0.5) is 0 Å². The second kappa shape index (κ2) is 6.86. The van der Waals surface area contributed by atoms with E-state index in [1.807, 2.05) is 12.1 Å². The molecule has 0 aromatic carbocycles.